The summed E-state index contributed by atoms with van der Waals surface area (Å²) in [4.78, 5) is 15.4. The van der Waals surface area contributed by atoms with Gasteiger partial charge in [-0.2, -0.15) is 0 Å². The van der Waals surface area contributed by atoms with Gasteiger partial charge in [0, 0.05) is 19.6 Å². The number of amides is 1. The summed E-state index contributed by atoms with van der Waals surface area (Å²) in [7, 11) is 5.81. The maximum Gasteiger partial charge on any atom is 0.236 e. The number of carbonyl (C=O) groups excluding carboxylic acids is 1. The van der Waals surface area contributed by atoms with Crippen LogP contribution in [0.2, 0.25) is 0 Å². The number of hydrogen-bond donors (Lipinski definition) is 1. The first-order chi connectivity index (χ1) is 6.11. The van der Waals surface area contributed by atoms with E-state index < -0.39 is 0 Å². The SMILES string of the molecule is CCN(CCN(C)C)C(=O)CNC. The van der Waals surface area contributed by atoms with Gasteiger partial charge in [0.25, 0.3) is 0 Å². The molecule has 78 valence electrons. The van der Waals surface area contributed by atoms with Crippen molar-refractivity contribution in [2.75, 3.05) is 47.3 Å². The predicted molar refractivity (Wildman–Crippen MR) is 54.7 cm³/mol. The second-order valence-electron chi connectivity index (χ2n) is 3.31. The summed E-state index contributed by atoms with van der Waals surface area (Å²) in [5, 5.41) is 2.87. The van der Waals surface area contributed by atoms with Gasteiger partial charge in [-0.15, -0.1) is 0 Å². The Kier molecular flexibility index (Phi) is 6.54. The van der Waals surface area contributed by atoms with E-state index in [1.54, 1.807) is 7.05 Å². The van der Waals surface area contributed by atoms with Crippen LogP contribution in [0, 0.1) is 0 Å². The van der Waals surface area contributed by atoms with Gasteiger partial charge in [0.05, 0.1) is 6.54 Å². The first-order valence-electron chi connectivity index (χ1n) is 4.69. The molecule has 0 aromatic rings. The monoisotopic (exact) mass is 187 g/mol. The molecular weight excluding hydrogens is 166 g/mol. The molecule has 0 radical (unpaired) electrons. The van der Waals surface area contributed by atoms with Crippen molar-refractivity contribution in [2.24, 2.45) is 0 Å². The van der Waals surface area contributed by atoms with Crippen LogP contribution >= 0.6 is 0 Å². The third kappa shape index (κ3) is 5.60. The highest BCUT2D eigenvalue weighted by atomic mass is 16.2. The quantitative estimate of drug-likeness (QED) is 0.615. The Hall–Kier alpha value is -0.610. The van der Waals surface area contributed by atoms with E-state index >= 15 is 0 Å². The Morgan fingerprint density at radius 2 is 1.92 bits per heavy atom. The summed E-state index contributed by atoms with van der Waals surface area (Å²) in [6.07, 6.45) is 0. The summed E-state index contributed by atoms with van der Waals surface area (Å²) in [6.45, 7) is 4.95. The zero-order chi connectivity index (χ0) is 10.3. The molecule has 4 nitrogen and oxygen atoms in total. The minimum atomic E-state index is 0.173. The maximum atomic E-state index is 11.4. The lowest BCUT2D eigenvalue weighted by Crippen LogP contribution is -2.40. The van der Waals surface area contributed by atoms with E-state index in [9.17, 15) is 4.79 Å². The molecule has 4 heteroatoms. The Morgan fingerprint density at radius 3 is 2.31 bits per heavy atom. The third-order valence-corrected chi connectivity index (χ3v) is 1.88. The van der Waals surface area contributed by atoms with Gasteiger partial charge in [-0.05, 0) is 28.1 Å². The summed E-state index contributed by atoms with van der Waals surface area (Å²) in [5.74, 6) is 0.173. The van der Waals surface area contributed by atoms with E-state index in [2.05, 4.69) is 10.2 Å². The lowest BCUT2D eigenvalue weighted by atomic mass is 10.4. The van der Waals surface area contributed by atoms with E-state index in [-0.39, 0.29) is 5.91 Å². The molecule has 0 aromatic carbocycles. The van der Waals surface area contributed by atoms with E-state index in [4.69, 9.17) is 0 Å². The minimum Gasteiger partial charge on any atom is -0.341 e. The molecule has 0 aliphatic carbocycles. The first kappa shape index (κ1) is 12.4. The molecule has 0 rings (SSSR count). The number of nitrogens with one attached hydrogen (secondary N) is 1. The molecule has 0 atom stereocenters. The predicted octanol–water partition coefficient (Wildman–Crippen LogP) is -0.384. The summed E-state index contributed by atoms with van der Waals surface area (Å²) >= 11 is 0. The van der Waals surface area contributed by atoms with Crippen molar-refractivity contribution < 1.29 is 4.79 Å². The number of nitrogens with zero attached hydrogens (tertiary/aromatic N) is 2. The average molecular weight is 187 g/mol. The lowest BCUT2D eigenvalue weighted by Gasteiger charge is -2.22. The van der Waals surface area contributed by atoms with Gasteiger partial charge in [0.2, 0.25) is 5.91 Å². The molecule has 13 heavy (non-hydrogen) atoms. The highest BCUT2D eigenvalue weighted by molar-refractivity contribution is 5.78. The molecule has 0 aliphatic rings. The van der Waals surface area contributed by atoms with Crippen LogP contribution in [0.5, 0.6) is 0 Å². The summed E-state index contributed by atoms with van der Waals surface area (Å²) in [5.41, 5.74) is 0. The second-order valence-corrected chi connectivity index (χ2v) is 3.31. The van der Waals surface area contributed by atoms with Crippen molar-refractivity contribution in [3.8, 4) is 0 Å². The molecule has 0 spiro atoms. The van der Waals surface area contributed by atoms with Gasteiger partial charge in [0.1, 0.15) is 0 Å². The van der Waals surface area contributed by atoms with Crippen molar-refractivity contribution in [2.45, 2.75) is 6.92 Å². The standard InChI is InChI=1S/C9H21N3O/c1-5-12(7-6-11(3)4)9(13)8-10-2/h10H,5-8H2,1-4H3. The molecular formula is C9H21N3O. The smallest absolute Gasteiger partial charge is 0.236 e. The molecule has 0 bridgehead atoms. The molecule has 1 N–H and O–H groups in total. The minimum absolute atomic E-state index is 0.173. The van der Waals surface area contributed by atoms with Crippen LogP contribution in [0.25, 0.3) is 0 Å². The Labute approximate surface area is 80.9 Å². The second kappa shape index (κ2) is 6.86. The average Bonchev–Trinajstić information content (AvgIpc) is 2.05. The largest absolute Gasteiger partial charge is 0.341 e. The van der Waals surface area contributed by atoms with E-state index in [0.29, 0.717) is 6.54 Å². The Balaban J connectivity index is 3.80. The zero-order valence-electron chi connectivity index (χ0n) is 9.13. The van der Waals surface area contributed by atoms with Crippen LogP contribution in [-0.2, 0) is 4.79 Å². The van der Waals surface area contributed by atoms with Gasteiger partial charge in [-0.25, -0.2) is 0 Å². The molecule has 0 saturated heterocycles. The van der Waals surface area contributed by atoms with Gasteiger partial charge >= 0.3 is 0 Å². The number of hydrogen-bond acceptors (Lipinski definition) is 3. The lowest BCUT2D eigenvalue weighted by molar-refractivity contribution is -0.130. The zero-order valence-corrected chi connectivity index (χ0v) is 9.13. The first-order valence-corrected chi connectivity index (χ1v) is 4.69. The topological polar surface area (TPSA) is 35.6 Å². The van der Waals surface area contributed by atoms with E-state index in [1.165, 1.54) is 0 Å². The fourth-order valence-corrected chi connectivity index (χ4v) is 1.04. The number of rotatable bonds is 6. The van der Waals surface area contributed by atoms with E-state index in [0.717, 1.165) is 19.6 Å². The van der Waals surface area contributed by atoms with Gasteiger partial charge < -0.3 is 15.1 Å². The van der Waals surface area contributed by atoms with Crippen LogP contribution in [0.15, 0.2) is 0 Å². The normalized spacial score (nSPS) is 10.5. The van der Waals surface area contributed by atoms with Crippen molar-refractivity contribution in [3.63, 3.8) is 0 Å². The van der Waals surface area contributed by atoms with Crippen LogP contribution < -0.4 is 5.32 Å². The number of carbonyl (C=O) groups is 1. The maximum absolute atomic E-state index is 11.4. The van der Waals surface area contributed by atoms with E-state index in [1.807, 2.05) is 25.9 Å². The van der Waals surface area contributed by atoms with Crippen LogP contribution in [-0.4, -0.2) is 63.0 Å². The molecule has 0 aromatic heterocycles. The fraction of sp³-hybridized carbons (Fsp3) is 0.889. The summed E-state index contributed by atoms with van der Waals surface area (Å²) in [6, 6.07) is 0. The van der Waals surface area contributed by atoms with Crippen molar-refractivity contribution in [1.29, 1.82) is 0 Å². The summed E-state index contributed by atoms with van der Waals surface area (Å²) < 4.78 is 0. The number of likely N-dealkylation sites (N-methyl/N-ethyl adjacent to an activating group) is 3. The molecule has 0 fully saturated rings. The van der Waals surface area contributed by atoms with Gasteiger partial charge in [-0.3, -0.25) is 4.79 Å². The molecule has 0 unspecified atom stereocenters. The Bertz CT molecular complexity index is 148. The van der Waals surface area contributed by atoms with Crippen molar-refractivity contribution in [3.05, 3.63) is 0 Å². The van der Waals surface area contributed by atoms with Crippen molar-refractivity contribution in [1.82, 2.24) is 15.1 Å². The van der Waals surface area contributed by atoms with Gasteiger partial charge in [0.15, 0.2) is 0 Å². The Morgan fingerprint density at radius 1 is 1.31 bits per heavy atom. The third-order valence-electron chi connectivity index (χ3n) is 1.88. The van der Waals surface area contributed by atoms with Crippen LogP contribution in [0.3, 0.4) is 0 Å². The van der Waals surface area contributed by atoms with Crippen LogP contribution in [0.1, 0.15) is 6.92 Å². The van der Waals surface area contributed by atoms with Crippen molar-refractivity contribution >= 4 is 5.91 Å². The highest BCUT2D eigenvalue weighted by Gasteiger charge is 2.09. The fourth-order valence-electron chi connectivity index (χ4n) is 1.04. The van der Waals surface area contributed by atoms with Gasteiger partial charge in [-0.1, -0.05) is 0 Å². The van der Waals surface area contributed by atoms with Crippen LogP contribution in [0.4, 0.5) is 0 Å². The molecule has 1 amide bonds. The molecule has 0 heterocycles. The molecule has 0 aliphatic heterocycles. The highest BCUT2D eigenvalue weighted by Crippen LogP contribution is 1.89. The molecule has 0 saturated carbocycles.